The van der Waals surface area contributed by atoms with Crippen molar-refractivity contribution in [2.24, 2.45) is 0 Å². The lowest BCUT2D eigenvalue weighted by molar-refractivity contribution is 0.787. The van der Waals surface area contributed by atoms with Crippen LogP contribution in [0.25, 0.3) is 0 Å². The highest BCUT2D eigenvalue weighted by molar-refractivity contribution is 5.44. The monoisotopic (exact) mass is 346 g/mol. The first-order valence-electron chi connectivity index (χ1n) is 9.08. The second-order valence-electron chi connectivity index (χ2n) is 6.54. The lowest BCUT2D eigenvalue weighted by atomic mass is 10.1. The van der Waals surface area contributed by atoms with Gasteiger partial charge in [-0.1, -0.05) is 60.2 Å². The molecule has 1 heterocycles. The van der Waals surface area contributed by atoms with Crippen molar-refractivity contribution in [2.45, 2.75) is 33.9 Å². The number of benzene rings is 2. The van der Waals surface area contributed by atoms with Crippen LogP contribution in [0, 0.1) is 13.8 Å². The fourth-order valence-electron chi connectivity index (χ4n) is 2.93. The standard InChI is InChI=1S/C22H26N4/c1-4-26(16-19-10-6-5-7-11-19)22-24-18(3)14-21(25-22)23-15-20-12-8-9-17(2)13-20/h5-14H,4,15-16H2,1-3H3,(H,23,24,25). The Morgan fingerprint density at radius 1 is 0.885 bits per heavy atom. The Balaban J connectivity index is 1.75. The van der Waals surface area contributed by atoms with Crippen molar-refractivity contribution in [3.05, 3.63) is 83.0 Å². The summed E-state index contributed by atoms with van der Waals surface area (Å²) in [6.45, 7) is 8.67. The summed E-state index contributed by atoms with van der Waals surface area (Å²) in [4.78, 5) is 11.6. The van der Waals surface area contributed by atoms with Gasteiger partial charge in [-0.05, 0) is 31.9 Å². The van der Waals surface area contributed by atoms with Crippen LogP contribution < -0.4 is 10.2 Å². The van der Waals surface area contributed by atoms with E-state index in [1.165, 1.54) is 16.7 Å². The fraction of sp³-hybridized carbons (Fsp3) is 0.273. The minimum Gasteiger partial charge on any atom is -0.366 e. The van der Waals surface area contributed by atoms with Gasteiger partial charge in [0.2, 0.25) is 5.95 Å². The Labute approximate surface area is 155 Å². The highest BCUT2D eigenvalue weighted by atomic mass is 15.3. The zero-order valence-corrected chi connectivity index (χ0v) is 15.7. The van der Waals surface area contributed by atoms with E-state index in [4.69, 9.17) is 4.98 Å². The van der Waals surface area contributed by atoms with Gasteiger partial charge in [-0.15, -0.1) is 0 Å². The zero-order valence-electron chi connectivity index (χ0n) is 15.7. The molecule has 134 valence electrons. The van der Waals surface area contributed by atoms with Gasteiger partial charge < -0.3 is 10.2 Å². The molecular formula is C22H26N4. The van der Waals surface area contributed by atoms with E-state index in [2.05, 4.69) is 77.6 Å². The van der Waals surface area contributed by atoms with E-state index in [0.717, 1.165) is 37.1 Å². The van der Waals surface area contributed by atoms with Gasteiger partial charge >= 0.3 is 0 Å². The Bertz CT molecular complexity index is 846. The summed E-state index contributed by atoms with van der Waals surface area (Å²) < 4.78 is 0. The second kappa shape index (κ2) is 8.48. The first-order valence-corrected chi connectivity index (χ1v) is 9.08. The number of rotatable bonds is 7. The van der Waals surface area contributed by atoms with Crippen molar-refractivity contribution in [3.63, 3.8) is 0 Å². The van der Waals surface area contributed by atoms with Crippen LogP contribution in [0.15, 0.2) is 60.7 Å². The topological polar surface area (TPSA) is 41.1 Å². The largest absolute Gasteiger partial charge is 0.366 e. The molecule has 4 heteroatoms. The lowest BCUT2D eigenvalue weighted by Gasteiger charge is -2.22. The Morgan fingerprint density at radius 2 is 1.65 bits per heavy atom. The van der Waals surface area contributed by atoms with E-state index in [9.17, 15) is 0 Å². The van der Waals surface area contributed by atoms with Crippen LogP contribution in [-0.4, -0.2) is 16.5 Å². The number of aromatic nitrogens is 2. The summed E-state index contributed by atoms with van der Waals surface area (Å²) in [6, 6.07) is 20.9. The van der Waals surface area contributed by atoms with E-state index < -0.39 is 0 Å². The van der Waals surface area contributed by atoms with Gasteiger partial charge in [0.1, 0.15) is 5.82 Å². The van der Waals surface area contributed by atoms with Gasteiger partial charge in [-0.25, -0.2) is 4.98 Å². The van der Waals surface area contributed by atoms with Crippen LogP contribution >= 0.6 is 0 Å². The van der Waals surface area contributed by atoms with Gasteiger partial charge in [0.15, 0.2) is 0 Å². The average Bonchev–Trinajstić information content (AvgIpc) is 2.65. The molecule has 0 amide bonds. The van der Waals surface area contributed by atoms with Gasteiger partial charge in [0.25, 0.3) is 0 Å². The molecule has 0 atom stereocenters. The Morgan fingerprint density at radius 3 is 2.38 bits per heavy atom. The molecule has 0 spiro atoms. The van der Waals surface area contributed by atoms with E-state index in [1.54, 1.807) is 0 Å². The molecule has 0 fully saturated rings. The maximum absolute atomic E-state index is 4.74. The van der Waals surface area contributed by atoms with Crippen molar-refractivity contribution in [2.75, 3.05) is 16.8 Å². The second-order valence-corrected chi connectivity index (χ2v) is 6.54. The van der Waals surface area contributed by atoms with Gasteiger partial charge in [0, 0.05) is 31.4 Å². The van der Waals surface area contributed by atoms with E-state index >= 15 is 0 Å². The molecule has 3 aromatic rings. The maximum atomic E-state index is 4.74. The van der Waals surface area contributed by atoms with Crippen molar-refractivity contribution in [3.8, 4) is 0 Å². The molecule has 0 aliphatic rings. The summed E-state index contributed by atoms with van der Waals surface area (Å²) in [6.07, 6.45) is 0. The molecule has 0 bridgehead atoms. The molecule has 0 aliphatic carbocycles. The number of nitrogens with one attached hydrogen (secondary N) is 1. The van der Waals surface area contributed by atoms with Crippen LogP contribution in [0.3, 0.4) is 0 Å². The number of hydrogen-bond acceptors (Lipinski definition) is 4. The molecule has 4 nitrogen and oxygen atoms in total. The van der Waals surface area contributed by atoms with Crippen LogP contribution in [0.4, 0.5) is 11.8 Å². The number of nitrogens with zero attached hydrogens (tertiary/aromatic N) is 3. The van der Waals surface area contributed by atoms with Crippen LogP contribution in [0.5, 0.6) is 0 Å². The molecule has 1 aromatic heterocycles. The molecule has 0 radical (unpaired) electrons. The van der Waals surface area contributed by atoms with E-state index in [-0.39, 0.29) is 0 Å². The van der Waals surface area contributed by atoms with Crippen molar-refractivity contribution < 1.29 is 0 Å². The predicted octanol–water partition coefficient (Wildman–Crippen LogP) is 4.73. The predicted molar refractivity (Wildman–Crippen MR) is 108 cm³/mol. The van der Waals surface area contributed by atoms with E-state index in [0.29, 0.717) is 0 Å². The summed E-state index contributed by atoms with van der Waals surface area (Å²) in [5.74, 6) is 1.63. The number of anilines is 2. The quantitative estimate of drug-likeness (QED) is 0.671. The highest BCUT2D eigenvalue weighted by Crippen LogP contribution is 2.17. The van der Waals surface area contributed by atoms with Crippen molar-refractivity contribution in [1.29, 1.82) is 0 Å². The Kier molecular flexibility index (Phi) is 5.84. The summed E-state index contributed by atoms with van der Waals surface area (Å²) in [5, 5.41) is 3.43. The maximum Gasteiger partial charge on any atom is 0.227 e. The third kappa shape index (κ3) is 4.82. The normalized spacial score (nSPS) is 10.6. The molecule has 0 saturated carbocycles. The summed E-state index contributed by atoms with van der Waals surface area (Å²) in [5.41, 5.74) is 4.74. The molecule has 2 aromatic carbocycles. The third-order valence-electron chi connectivity index (χ3n) is 4.28. The summed E-state index contributed by atoms with van der Waals surface area (Å²) in [7, 11) is 0. The molecule has 3 rings (SSSR count). The molecule has 26 heavy (non-hydrogen) atoms. The summed E-state index contributed by atoms with van der Waals surface area (Å²) >= 11 is 0. The van der Waals surface area contributed by atoms with Crippen LogP contribution in [-0.2, 0) is 13.1 Å². The fourth-order valence-corrected chi connectivity index (χ4v) is 2.93. The van der Waals surface area contributed by atoms with Gasteiger partial charge in [-0.3, -0.25) is 0 Å². The molecule has 0 aliphatic heterocycles. The average molecular weight is 346 g/mol. The van der Waals surface area contributed by atoms with Crippen molar-refractivity contribution >= 4 is 11.8 Å². The highest BCUT2D eigenvalue weighted by Gasteiger charge is 2.10. The van der Waals surface area contributed by atoms with Crippen LogP contribution in [0.1, 0.15) is 29.3 Å². The van der Waals surface area contributed by atoms with Gasteiger partial charge in [0.05, 0.1) is 0 Å². The number of hydrogen-bond donors (Lipinski definition) is 1. The lowest BCUT2D eigenvalue weighted by Crippen LogP contribution is -2.24. The Hall–Kier alpha value is -2.88. The minimum absolute atomic E-state index is 0.752. The SMILES string of the molecule is CCN(Cc1ccccc1)c1nc(C)cc(NCc2cccc(C)c2)n1. The molecule has 1 N–H and O–H groups in total. The first kappa shape index (κ1) is 17.9. The van der Waals surface area contributed by atoms with Crippen molar-refractivity contribution in [1.82, 2.24) is 9.97 Å². The van der Waals surface area contributed by atoms with Crippen LogP contribution in [0.2, 0.25) is 0 Å². The molecular weight excluding hydrogens is 320 g/mol. The van der Waals surface area contributed by atoms with E-state index in [1.807, 2.05) is 19.1 Å². The smallest absolute Gasteiger partial charge is 0.227 e. The number of aryl methyl sites for hydroxylation is 2. The zero-order chi connectivity index (χ0) is 18.4. The minimum atomic E-state index is 0.752. The third-order valence-corrected chi connectivity index (χ3v) is 4.28. The van der Waals surface area contributed by atoms with Gasteiger partial charge in [-0.2, -0.15) is 4.98 Å². The first-order chi connectivity index (χ1) is 12.6. The molecule has 0 unspecified atom stereocenters. The molecule has 0 saturated heterocycles.